The maximum Gasteiger partial charge on any atom is 0.401 e. The second-order valence-corrected chi connectivity index (χ2v) is 5.84. The van der Waals surface area contributed by atoms with Gasteiger partial charge in [-0.2, -0.15) is 13.2 Å². The minimum Gasteiger partial charge on any atom is -0.399 e. The zero-order valence-corrected chi connectivity index (χ0v) is 10.4. The highest BCUT2D eigenvalue weighted by atomic mass is 35.5. The summed E-state index contributed by atoms with van der Waals surface area (Å²) < 4.78 is 37.5. The third kappa shape index (κ3) is 1.69. The zero-order valence-electron chi connectivity index (χ0n) is 8.91. The Morgan fingerprint density at radius 1 is 1.29 bits per heavy atom. The minimum absolute atomic E-state index is 0.0710. The van der Waals surface area contributed by atoms with E-state index in [1.54, 1.807) is 6.92 Å². The summed E-state index contributed by atoms with van der Waals surface area (Å²) in [4.78, 5) is 0. The number of nitrogens with two attached hydrogens (primary N) is 1. The summed E-state index contributed by atoms with van der Waals surface area (Å²) in [6.07, 6.45) is -4.80. The number of hydrogen-bond donors (Lipinski definition) is 1. The summed E-state index contributed by atoms with van der Waals surface area (Å²) in [7, 11) is 0. The first-order valence-electron chi connectivity index (χ1n) is 4.93. The molecule has 1 atom stereocenters. The Bertz CT molecular complexity index is 470. The lowest BCUT2D eigenvalue weighted by molar-refractivity contribution is -0.161. The fourth-order valence-corrected chi connectivity index (χ4v) is 2.85. The zero-order chi connectivity index (χ0) is 13.1. The van der Waals surface area contributed by atoms with Crippen molar-refractivity contribution in [3.63, 3.8) is 0 Å². The number of hydrogen-bond acceptors (Lipinski definition) is 1. The van der Waals surface area contributed by atoms with Crippen LogP contribution >= 0.6 is 23.2 Å². The molecule has 0 amide bonds. The Kier molecular flexibility index (Phi) is 2.61. The van der Waals surface area contributed by atoms with Crippen LogP contribution in [0.3, 0.4) is 0 Å². The van der Waals surface area contributed by atoms with Gasteiger partial charge in [0.1, 0.15) is 9.75 Å². The monoisotopic (exact) mass is 283 g/mol. The molecule has 1 aromatic rings. The van der Waals surface area contributed by atoms with Crippen molar-refractivity contribution in [2.75, 3.05) is 5.73 Å². The Hall–Kier alpha value is -0.610. The van der Waals surface area contributed by atoms with E-state index in [-0.39, 0.29) is 12.0 Å². The van der Waals surface area contributed by atoms with Crippen molar-refractivity contribution < 1.29 is 13.2 Å². The maximum absolute atomic E-state index is 13.1. The molecule has 6 heteroatoms. The molecule has 1 aliphatic rings. The molecule has 0 saturated heterocycles. The van der Waals surface area contributed by atoms with E-state index in [0.717, 1.165) is 0 Å². The molecule has 1 unspecified atom stereocenters. The smallest absolute Gasteiger partial charge is 0.399 e. The third-order valence-corrected chi connectivity index (χ3v) is 4.15. The summed E-state index contributed by atoms with van der Waals surface area (Å²) in [5.41, 5.74) is 4.52. The molecule has 17 heavy (non-hydrogen) atoms. The van der Waals surface area contributed by atoms with Gasteiger partial charge in [0, 0.05) is 12.1 Å². The quantitative estimate of drug-likeness (QED) is 0.613. The first-order valence-corrected chi connectivity index (χ1v) is 5.68. The molecule has 0 aliphatic heterocycles. The summed E-state index contributed by atoms with van der Waals surface area (Å²) in [5.74, 6) is 0. The van der Waals surface area contributed by atoms with E-state index in [0.29, 0.717) is 11.3 Å². The fourth-order valence-electron chi connectivity index (χ4n) is 2.01. The first-order chi connectivity index (χ1) is 7.62. The van der Waals surface area contributed by atoms with E-state index in [2.05, 4.69) is 0 Å². The van der Waals surface area contributed by atoms with Crippen molar-refractivity contribution >= 4 is 28.9 Å². The molecule has 1 nitrogen and oxygen atoms in total. The molecule has 1 aromatic carbocycles. The van der Waals surface area contributed by atoms with Gasteiger partial charge >= 0.3 is 6.18 Å². The van der Waals surface area contributed by atoms with E-state index in [1.807, 2.05) is 0 Å². The van der Waals surface area contributed by atoms with Crippen LogP contribution in [-0.4, -0.2) is 10.5 Å². The predicted molar refractivity (Wildman–Crippen MR) is 62.4 cm³/mol. The average Bonchev–Trinajstić information content (AvgIpc) is 2.75. The van der Waals surface area contributed by atoms with Crippen LogP contribution < -0.4 is 5.73 Å². The van der Waals surface area contributed by atoms with Crippen LogP contribution in [0.2, 0.25) is 0 Å². The molecule has 0 spiro atoms. The van der Waals surface area contributed by atoms with E-state index in [1.165, 1.54) is 18.2 Å². The van der Waals surface area contributed by atoms with Gasteiger partial charge in [-0.05, 0) is 24.1 Å². The van der Waals surface area contributed by atoms with Crippen molar-refractivity contribution in [2.45, 2.75) is 29.3 Å². The first kappa shape index (κ1) is 12.8. The summed E-state index contributed by atoms with van der Waals surface area (Å²) in [6.45, 7) is 1.65. The Labute approximate surface area is 107 Å². The van der Waals surface area contributed by atoms with Gasteiger partial charge < -0.3 is 5.73 Å². The molecular weight excluding hydrogens is 274 g/mol. The normalized spacial score (nSPS) is 26.9. The number of alkyl halides is 5. The lowest BCUT2D eigenvalue weighted by Crippen LogP contribution is -2.34. The van der Waals surface area contributed by atoms with Gasteiger partial charge in [0.15, 0.2) is 0 Å². The van der Waals surface area contributed by atoms with Gasteiger partial charge in [-0.15, -0.1) is 23.2 Å². The van der Waals surface area contributed by atoms with E-state index in [9.17, 15) is 13.2 Å². The SMILES string of the molecule is Cc1cc(C2(C(F)(F)F)CC2(Cl)Cl)ccc1N. The van der Waals surface area contributed by atoms with Gasteiger partial charge in [0.05, 0.1) is 0 Å². The van der Waals surface area contributed by atoms with Crippen LogP contribution in [0.1, 0.15) is 17.5 Å². The number of rotatable bonds is 1. The van der Waals surface area contributed by atoms with Crippen LogP contribution in [0.4, 0.5) is 18.9 Å². The second-order valence-electron chi connectivity index (χ2n) is 4.36. The fraction of sp³-hybridized carbons (Fsp3) is 0.455. The van der Waals surface area contributed by atoms with Crippen molar-refractivity contribution in [3.05, 3.63) is 29.3 Å². The lowest BCUT2D eigenvalue weighted by Gasteiger charge is -2.22. The second kappa shape index (κ2) is 3.45. The third-order valence-electron chi connectivity index (χ3n) is 3.23. The largest absolute Gasteiger partial charge is 0.401 e. The standard InChI is InChI=1S/C11H10Cl2F3N/c1-6-4-7(2-3-8(6)17)9(11(14,15)16)5-10(9,12)13/h2-4H,5,17H2,1H3. The number of benzene rings is 1. The van der Waals surface area contributed by atoms with E-state index < -0.39 is 15.9 Å². The Morgan fingerprint density at radius 3 is 2.18 bits per heavy atom. The number of anilines is 1. The molecule has 0 heterocycles. The molecule has 1 fully saturated rings. The highest BCUT2D eigenvalue weighted by Gasteiger charge is 2.80. The molecule has 1 aliphatic carbocycles. The van der Waals surface area contributed by atoms with E-state index >= 15 is 0 Å². The topological polar surface area (TPSA) is 26.0 Å². The highest BCUT2D eigenvalue weighted by molar-refractivity contribution is 6.52. The molecule has 2 rings (SSSR count). The average molecular weight is 284 g/mol. The molecule has 0 bridgehead atoms. The lowest BCUT2D eigenvalue weighted by atomic mass is 9.93. The van der Waals surface area contributed by atoms with Crippen LogP contribution in [0.15, 0.2) is 18.2 Å². The highest BCUT2D eigenvalue weighted by Crippen LogP contribution is 2.71. The van der Waals surface area contributed by atoms with Gasteiger partial charge in [0.25, 0.3) is 0 Å². The van der Waals surface area contributed by atoms with Crippen LogP contribution in [-0.2, 0) is 5.41 Å². The number of aryl methyl sites for hydroxylation is 1. The van der Waals surface area contributed by atoms with E-state index in [4.69, 9.17) is 28.9 Å². The molecule has 1 saturated carbocycles. The van der Waals surface area contributed by atoms with Crippen molar-refractivity contribution in [1.82, 2.24) is 0 Å². The Morgan fingerprint density at radius 2 is 1.82 bits per heavy atom. The van der Waals surface area contributed by atoms with Gasteiger partial charge in [-0.25, -0.2) is 0 Å². The van der Waals surface area contributed by atoms with Crippen LogP contribution in [0.5, 0.6) is 0 Å². The molecule has 0 radical (unpaired) electrons. The van der Waals surface area contributed by atoms with Gasteiger partial charge in [0.2, 0.25) is 0 Å². The number of halogens is 5. The van der Waals surface area contributed by atoms with Gasteiger partial charge in [-0.3, -0.25) is 0 Å². The van der Waals surface area contributed by atoms with Crippen molar-refractivity contribution in [1.29, 1.82) is 0 Å². The minimum atomic E-state index is -4.47. The van der Waals surface area contributed by atoms with Crippen LogP contribution in [0, 0.1) is 6.92 Å². The number of nitrogen functional groups attached to an aromatic ring is 1. The van der Waals surface area contributed by atoms with Crippen LogP contribution in [0.25, 0.3) is 0 Å². The molecule has 0 aromatic heterocycles. The molecular formula is C11H10Cl2F3N. The Balaban J connectivity index is 2.54. The van der Waals surface area contributed by atoms with Crippen molar-refractivity contribution in [3.8, 4) is 0 Å². The van der Waals surface area contributed by atoms with Gasteiger partial charge in [-0.1, -0.05) is 12.1 Å². The molecule has 94 valence electrons. The summed E-state index contributed by atoms with van der Waals surface area (Å²) >= 11 is 11.4. The maximum atomic E-state index is 13.1. The summed E-state index contributed by atoms with van der Waals surface area (Å²) in [5, 5.41) is 0. The molecule has 2 N–H and O–H groups in total. The van der Waals surface area contributed by atoms with Crippen molar-refractivity contribution in [2.24, 2.45) is 0 Å². The predicted octanol–water partition coefficient (Wildman–Crippen LogP) is 3.95. The summed E-state index contributed by atoms with van der Waals surface area (Å²) in [6, 6.07) is 4.18.